The van der Waals surface area contributed by atoms with Crippen LogP contribution >= 0.6 is 0 Å². The Morgan fingerprint density at radius 3 is 2.39 bits per heavy atom. The molecule has 0 saturated carbocycles. The topological polar surface area (TPSA) is 73.9 Å². The quantitative estimate of drug-likeness (QED) is 0.717. The van der Waals surface area contributed by atoms with Gasteiger partial charge in [-0.3, -0.25) is 4.79 Å². The van der Waals surface area contributed by atoms with Gasteiger partial charge in [0.05, 0.1) is 12.7 Å². The molecule has 150 valence electrons. The molecule has 0 aliphatic heterocycles. The molecule has 6 nitrogen and oxygen atoms in total. The number of aryl methyl sites for hydroxylation is 1. The van der Waals surface area contributed by atoms with Crippen molar-refractivity contribution >= 4 is 17.6 Å². The molecule has 28 heavy (non-hydrogen) atoms. The van der Waals surface area contributed by atoms with E-state index < -0.39 is 30.4 Å². The Hall–Kier alpha value is -3.23. The first kappa shape index (κ1) is 21.1. The van der Waals surface area contributed by atoms with Crippen molar-refractivity contribution in [1.82, 2.24) is 0 Å². The lowest BCUT2D eigenvalue weighted by Gasteiger charge is -2.15. The van der Waals surface area contributed by atoms with Crippen LogP contribution in [0.25, 0.3) is 0 Å². The number of nitrogens with one attached hydrogen (secondary N) is 1. The fourth-order valence-corrected chi connectivity index (χ4v) is 2.18. The summed E-state index contributed by atoms with van der Waals surface area (Å²) >= 11 is 0. The second-order valence-corrected chi connectivity index (χ2v) is 5.74. The first-order chi connectivity index (χ1) is 13.2. The third-order valence-electron chi connectivity index (χ3n) is 3.71. The minimum Gasteiger partial charge on any atom is -0.493 e. The summed E-state index contributed by atoms with van der Waals surface area (Å²) in [7, 11) is 1.22. The number of amides is 1. The Bertz CT molecular complexity index is 873. The summed E-state index contributed by atoms with van der Waals surface area (Å²) in [5, 5.41) is 2.44. The highest BCUT2D eigenvalue weighted by Crippen LogP contribution is 2.29. The molecule has 0 spiro atoms. The van der Waals surface area contributed by atoms with Crippen LogP contribution in [0.1, 0.15) is 22.8 Å². The summed E-state index contributed by atoms with van der Waals surface area (Å²) in [6.45, 7) is -0.136. The Labute approximate surface area is 159 Å². The van der Waals surface area contributed by atoms with Crippen LogP contribution in [0, 0.1) is 12.7 Å². The van der Waals surface area contributed by atoms with Crippen molar-refractivity contribution in [1.29, 1.82) is 0 Å². The third kappa shape index (κ3) is 5.38. The van der Waals surface area contributed by atoms with Crippen LogP contribution in [0.5, 0.6) is 11.5 Å². The van der Waals surface area contributed by atoms with Crippen molar-refractivity contribution in [2.24, 2.45) is 0 Å². The van der Waals surface area contributed by atoms with Crippen LogP contribution in [0.3, 0.4) is 0 Å². The van der Waals surface area contributed by atoms with Gasteiger partial charge in [-0.1, -0.05) is 6.07 Å². The van der Waals surface area contributed by atoms with Crippen molar-refractivity contribution < 1.29 is 37.0 Å². The second-order valence-electron chi connectivity index (χ2n) is 5.74. The molecule has 0 saturated heterocycles. The van der Waals surface area contributed by atoms with E-state index in [1.807, 2.05) is 0 Å². The highest BCUT2D eigenvalue weighted by Gasteiger charge is 2.21. The normalized spacial score (nSPS) is 11.7. The van der Waals surface area contributed by atoms with E-state index in [0.717, 1.165) is 18.2 Å². The second kappa shape index (κ2) is 9.12. The first-order valence-electron chi connectivity index (χ1n) is 8.12. The average Bonchev–Trinajstić information content (AvgIpc) is 2.64. The molecule has 2 aromatic rings. The number of benzene rings is 2. The summed E-state index contributed by atoms with van der Waals surface area (Å²) in [6, 6.07) is 7.63. The molecule has 9 heteroatoms. The van der Waals surface area contributed by atoms with Crippen molar-refractivity contribution in [2.75, 3.05) is 12.4 Å². The maximum atomic E-state index is 13.5. The van der Waals surface area contributed by atoms with Crippen LogP contribution in [0.15, 0.2) is 36.4 Å². The van der Waals surface area contributed by atoms with Gasteiger partial charge in [0.2, 0.25) is 0 Å². The van der Waals surface area contributed by atoms with Gasteiger partial charge in [0.25, 0.3) is 5.91 Å². The zero-order chi connectivity index (χ0) is 20.8. The molecule has 0 unspecified atom stereocenters. The van der Waals surface area contributed by atoms with Gasteiger partial charge in [-0.25, -0.2) is 9.18 Å². The SMILES string of the molecule is COc1cc(C(=O)O[C@H](C)C(=O)Nc2ccc(C)c(F)c2)ccc1OC(F)F. The van der Waals surface area contributed by atoms with Gasteiger partial charge in [0.1, 0.15) is 5.82 Å². The zero-order valence-electron chi connectivity index (χ0n) is 15.3. The Morgan fingerprint density at radius 2 is 1.79 bits per heavy atom. The molecule has 1 atom stereocenters. The largest absolute Gasteiger partial charge is 0.493 e. The number of anilines is 1. The number of rotatable bonds is 7. The summed E-state index contributed by atoms with van der Waals surface area (Å²) in [5.74, 6) is -2.37. The number of hydrogen-bond acceptors (Lipinski definition) is 5. The number of methoxy groups -OCH3 is 1. The van der Waals surface area contributed by atoms with Crippen LogP contribution in [-0.2, 0) is 9.53 Å². The van der Waals surface area contributed by atoms with Crippen LogP contribution < -0.4 is 14.8 Å². The molecule has 0 bridgehead atoms. The number of ether oxygens (including phenoxy) is 3. The molecule has 0 fully saturated rings. The Kier molecular flexibility index (Phi) is 6.86. The number of halogens is 3. The van der Waals surface area contributed by atoms with E-state index in [0.29, 0.717) is 5.56 Å². The van der Waals surface area contributed by atoms with Gasteiger partial charge in [-0.05, 0) is 49.7 Å². The summed E-state index contributed by atoms with van der Waals surface area (Å²) in [5.41, 5.74) is 0.608. The predicted molar refractivity (Wildman–Crippen MR) is 94.3 cm³/mol. The Balaban J connectivity index is 2.04. The monoisotopic (exact) mass is 397 g/mol. The van der Waals surface area contributed by atoms with Crippen molar-refractivity contribution in [3.63, 3.8) is 0 Å². The highest BCUT2D eigenvalue weighted by molar-refractivity contribution is 5.97. The fourth-order valence-electron chi connectivity index (χ4n) is 2.18. The van der Waals surface area contributed by atoms with Gasteiger partial charge in [-0.2, -0.15) is 8.78 Å². The molecule has 1 N–H and O–H groups in total. The van der Waals surface area contributed by atoms with Crippen LogP contribution in [0.4, 0.5) is 18.9 Å². The first-order valence-corrected chi connectivity index (χ1v) is 8.12. The molecule has 0 aliphatic rings. The molecular formula is C19H18F3NO5. The third-order valence-corrected chi connectivity index (χ3v) is 3.71. The Morgan fingerprint density at radius 1 is 1.07 bits per heavy atom. The van der Waals surface area contributed by atoms with Crippen LogP contribution in [0.2, 0.25) is 0 Å². The van der Waals surface area contributed by atoms with Crippen molar-refractivity contribution in [2.45, 2.75) is 26.6 Å². The summed E-state index contributed by atoms with van der Waals surface area (Å²) < 4.78 is 52.5. The molecular weight excluding hydrogens is 379 g/mol. The maximum Gasteiger partial charge on any atom is 0.387 e. The minimum atomic E-state index is -3.05. The lowest BCUT2D eigenvalue weighted by atomic mass is 10.2. The van der Waals surface area contributed by atoms with Crippen molar-refractivity contribution in [3.05, 3.63) is 53.3 Å². The highest BCUT2D eigenvalue weighted by atomic mass is 19.3. The van der Waals surface area contributed by atoms with E-state index >= 15 is 0 Å². The standard InChI is InChI=1S/C19H18F3NO5/c1-10-4-6-13(9-14(10)20)23-17(24)11(2)27-18(25)12-5-7-15(28-19(21)22)16(8-12)26-3/h4-9,11,19H,1-3H3,(H,23,24)/t11-/m1/s1. The molecule has 0 aromatic heterocycles. The van der Waals surface area contributed by atoms with Crippen molar-refractivity contribution in [3.8, 4) is 11.5 Å². The smallest absolute Gasteiger partial charge is 0.387 e. The van der Waals surface area contributed by atoms with E-state index in [-0.39, 0.29) is 22.7 Å². The van der Waals surface area contributed by atoms with E-state index in [9.17, 15) is 22.8 Å². The van der Waals surface area contributed by atoms with E-state index in [2.05, 4.69) is 10.1 Å². The molecule has 2 rings (SSSR count). The number of hydrogen-bond donors (Lipinski definition) is 1. The number of carbonyl (C=O) groups is 2. The van der Waals surface area contributed by atoms with Gasteiger partial charge >= 0.3 is 12.6 Å². The molecule has 0 aliphatic carbocycles. The molecule has 2 aromatic carbocycles. The number of esters is 1. The van der Waals surface area contributed by atoms with E-state index in [1.54, 1.807) is 6.92 Å². The summed E-state index contributed by atoms with van der Waals surface area (Å²) in [6.07, 6.45) is -1.19. The fraction of sp³-hybridized carbons (Fsp3) is 0.263. The van der Waals surface area contributed by atoms with Gasteiger partial charge < -0.3 is 19.5 Å². The van der Waals surface area contributed by atoms with E-state index in [4.69, 9.17) is 9.47 Å². The van der Waals surface area contributed by atoms with Gasteiger partial charge in [0.15, 0.2) is 17.6 Å². The average molecular weight is 397 g/mol. The van der Waals surface area contributed by atoms with Gasteiger partial charge in [0, 0.05) is 5.69 Å². The van der Waals surface area contributed by atoms with E-state index in [1.165, 1.54) is 32.2 Å². The lowest BCUT2D eigenvalue weighted by Crippen LogP contribution is -2.30. The zero-order valence-corrected chi connectivity index (χ0v) is 15.3. The predicted octanol–water partition coefficient (Wildman–Crippen LogP) is 3.93. The van der Waals surface area contributed by atoms with Crippen LogP contribution in [-0.4, -0.2) is 31.7 Å². The minimum absolute atomic E-state index is 0.0282. The molecule has 0 heterocycles. The van der Waals surface area contributed by atoms with Gasteiger partial charge in [-0.15, -0.1) is 0 Å². The maximum absolute atomic E-state index is 13.5. The number of alkyl halides is 2. The lowest BCUT2D eigenvalue weighted by molar-refractivity contribution is -0.123. The number of carbonyl (C=O) groups excluding carboxylic acids is 2. The molecule has 0 radical (unpaired) electrons. The molecule has 1 amide bonds. The summed E-state index contributed by atoms with van der Waals surface area (Å²) in [4.78, 5) is 24.3.